The fourth-order valence-corrected chi connectivity index (χ4v) is 7.37. The minimum atomic E-state index is -2.11. The molecule has 0 radical (unpaired) electrons. The maximum atomic E-state index is 15.2. The standard InChI is InChI=1S/C30H32ClN3O7S/c1-32(2)28(36)24-15-19(35)17-33(24)30(21-8-6-7-9-25(21)40-4)22-14-18(31)10-12-23(22)34(29(30)37)42(38)27-13-11-20(39-3)16-26(27)41-5/h6-14,16,19,24,35H,15,17H2,1-5H3. The number of rotatable bonds is 8. The zero-order valence-electron chi connectivity index (χ0n) is 23.9. The number of nitrogens with zero attached hydrogens (tertiary/aromatic N) is 3. The molecule has 0 spiro atoms. The van der Waals surface area contributed by atoms with Crippen LogP contribution in [0.2, 0.25) is 5.02 Å². The molecule has 0 saturated carbocycles. The van der Waals surface area contributed by atoms with Crippen LogP contribution in [0.15, 0.2) is 65.6 Å². The molecule has 5 rings (SSSR count). The summed E-state index contributed by atoms with van der Waals surface area (Å²) in [4.78, 5) is 32.1. The number of carbonyl (C=O) groups is 2. The van der Waals surface area contributed by atoms with Gasteiger partial charge in [-0.15, -0.1) is 0 Å². The molecule has 12 heteroatoms. The first-order chi connectivity index (χ1) is 20.1. The van der Waals surface area contributed by atoms with Crippen LogP contribution in [0.25, 0.3) is 0 Å². The Morgan fingerprint density at radius 2 is 1.71 bits per heavy atom. The predicted octanol–water partition coefficient (Wildman–Crippen LogP) is 3.20. The molecule has 4 unspecified atom stereocenters. The van der Waals surface area contributed by atoms with Gasteiger partial charge in [0.1, 0.15) is 22.1 Å². The lowest BCUT2D eigenvalue weighted by atomic mass is 9.80. The van der Waals surface area contributed by atoms with Gasteiger partial charge in [0.05, 0.1) is 39.2 Å². The highest BCUT2D eigenvalue weighted by Crippen LogP contribution is 2.54. The Morgan fingerprint density at radius 1 is 1.00 bits per heavy atom. The first-order valence-electron chi connectivity index (χ1n) is 13.2. The van der Waals surface area contributed by atoms with Gasteiger partial charge in [-0.25, -0.2) is 8.51 Å². The number of fused-ring (bicyclic) bond motifs is 1. The van der Waals surface area contributed by atoms with Crippen LogP contribution >= 0.6 is 11.6 Å². The second-order valence-corrected chi connectivity index (χ2v) is 12.0. The van der Waals surface area contributed by atoms with E-state index in [-0.39, 0.29) is 29.5 Å². The molecule has 2 aliphatic heterocycles. The maximum absolute atomic E-state index is 15.2. The minimum Gasteiger partial charge on any atom is -0.497 e. The zero-order chi connectivity index (χ0) is 30.3. The van der Waals surface area contributed by atoms with Gasteiger partial charge in [-0.3, -0.25) is 14.5 Å². The van der Waals surface area contributed by atoms with E-state index >= 15 is 4.79 Å². The Kier molecular flexibility index (Phi) is 8.21. The highest BCUT2D eigenvalue weighted by molar-refractivity contribution is 7.87. The molecule has 0 aromatic heterocycles. The molecular weight excluding hydrogens is 582 g/mol. The summed E-state index contributed by atoms with van der Waals surface area (Å²) in [6, 6.07) is 15.8. The molecule has 0 aliphatic carbocycles. The number of halogens is 1. The molecule has 2 amide bonds. The van der Waals surface area contributed by atoms with E-state index in [0.717, 1.165) is 0 Å². The summed E-state index contributed by atoms with van der Waals surface area (Å²) in [6.07, 6.45) is -0.797. The molecular formula is C30H32ClN3O7S. The van der Waals surface area contributed by atoms with Crippen molar-refractivity contribution in [2.24, 2.45) is 0 Å². The third-order valence-corrected chi connectivity index (χ3v) is 9.36. The highest BCUT2D eigenvalue weighted by atomic mass is 35.5. The number of likely N-dealkylation sites (N-methyl/N-ethyl adjacent to an activating group) is 1. The summed E-state index contributed by atoms with van der Waals surface area (Å²) in [5.41, 5.74) is -0.552. The number of amides is 2. The van der Waals surface area contributed by atoms with Crippen LogP contribution in [0.4, 0.5) is 5.69 Å². The number of aliphatic hydroxyl groups is 1. The number of benzene rings is 3. The second kappa shape index (κ2) is 11.6. The van der Waals surface area contributed by atoms with Gasteiger partial charge in [0, 0.05) is 42.9 Å². The fraction of sp³-hybridized carbons (Fsp3) is 0.333. The Balaban J connectivity index is 1.82. The molecule has 2 aliphatic rings. The first-order valence-corrected chi connectivity index (χ1v) is 14.7. The zero-order valence-corrected chi connectivity index (χ0v) is 25.4. The van der Waals surface area contributed by atoms with Crippen LogP contribution in [0.5, 0.6) is 17.2 Å². The van der Waals surface area contributed by atoms with Crippen molar-refractivity contribution in [1.29, 1.82) is 0 Å². The van der Waals surface area contributed by atoms with Crippen LogP contribution in [0.3, 0.4) is 0 Å². The molecule has 1 N–H and O–H groups in total. The van der Waals surface area contributed by atoms with Gasteiger partial charge in [-0.1, -0.05) is 29.8 Å². The van der Waals surface area contributed by atoms with E-state index in [4.69, 9.17) is 25.8 Å². The third kappa shape index (κ3) is 4.60. The smallest absolute Gasteiger partial charge is 0.269 e. The van der Waals surface area contributed by atoms with Crippen LogP contribution in [-0.4, -0.2) is 85.0 Å². The van der Waals surface area contributed by atoms with Crippen LogP contribution in [0, 0.1) is 0 Å². The average Bonchev–Trinajstić information content (AvgIpc) is 3.50. The van der Waals surface area contributed by atoms with Gasteiger partial charge < -0.3 is 24.2 Å². The van der Waals surface area contributed by atoms with Crippen molar-refractivity contribution in [3.8, 4) is 17.2 Å². The molecule has 42 heavy (non-hydrogen) atoms. The maximum Gasteiger partial charge on any atom is 0.269 e. The van der Waals surface area contributed by atoms with Crippen LogP contribution in [0.1, 0.15) is 17.5 Å². The second-order valence-electron chi connectivity index (χ2n) is 10.2. The summed E-state index contributed by atoms with van der Waals surface area (Å²) in [7, 11) is 5.58. The first kappa shape index (κ1) is 29.8. The SMILES string of the molecule is COc1ccc(S(=O)N2C(=O)C(c3ccccc3OC)(N3CC(O)CC3C(=O)N(C)C)c3cc(Cl)ccc32)c(OC)c1. The number of aliphatic hydroxyl groups excluding tert-OH is 1. The Bertz CT molecular complexity index is 1570. The number of para-hydroxylation sites is 1. The van der Waals surface area contributed by atoms with Gasteiger partial charge in [0.2, 0.25) is 5.91 Å². The molecule has 3 aromatic rings. The van der Waals surface area contributed by atoms with Gasteiger partial charge in [0.15, 0.2) is 16.5 Å². The monoisotopic (exact) mass is 613 g/mol. The van der Waals surface area contributed by atoms with Crippen molar-refractivity contribution in [2.45, 2.75) is 29.0 Å². The molecule has 222 valence electrons. The van der Waals surface area contributed by atoms with Gasteiger partial charge >= 0.3 is 0 Å². The number of β-amino-alcohol motifs (C(OH)–C–C–N with tert-alkyl or cyclic N) is 1. The average molecular weight is 614 g/mol. The van der Waals surface area contributed by atoms with Crippen molar-refractivity contribution in [2.75, 3.05) is 46.3 Å². The summed E-state index contributed by atoms with van der Waals surface area (Å²) in [5, 5.41) is 11.3. The van der Waals surface area contributed by atoms with Crippen molar-refractivity contribution >= 4 is 40.1 Å². The third-order valence-electron chi connectivity index (χ3n) is 7.72. The molecule has 2 heterocycles. The topological polar surface area (TPSA) is 109 Å². The summed E-state index contributed by atoms with van der Waals surface area (Å²) >= 11 is 6.56. The number of ether oxygens (including phenoxy) is 3. The fourth-order valence-electron chi connectivity index (χ4n) is 5.88. The van der Waals surface area contributed by atoms with Crippen molar-refractivity contribution in [1.82, 2.24) is 9.80 Å². The Morgan fingerprint density at radius 3 is 2.38 bits per heavy atom. The predicted molar refractivity (Wildman–Crippen MR) is 158 cm³/mol. The van der Waals surface area contributed by atoms with E-state index in [9.17, 15) is 14.1 Å². The molecule has 10 nitrogen and oxygen atoms in total. The Hall–Kier alpha value is -3.64. The summed E-state index contributed by atoms with van der Waals surface area (Å²) < 4.78 is 32.2. The van der Waals surface area contributed by atoms with E-state index in [0.29, 0.717) is 33.3 Å². The van der Waals surface area contributed by atoms with Gasteiger partial charge in [-0.05, 0) is 42.8 Å². The Labute approximate surface area is 251 Å². The lowest BCUT2D eigenvalue weighted by Gasteiger charge is -2.42. The molecule has 0 bridgehead atoms. The molecule has 3 aromatic carbocycles. The normalized spacial score (nSPS) is 22.5. The molecule has 1 fully saturated rings. The number of carbonyl (C=O) groups excluding carboxylic acids is 2. The van der Waals surface area contributed by atoms with Gasteiger partial charge in [0.25, 0.3) is 5.91 Å². The van der Waals surface area contributed by atoms with E-state index in [1.54, 1.807) is 79.7 Å². The van der Waals surface area contributed by atoms with Crippen molar-refractivity contribution in [3.05, 3.63) is 76.8 Å². The molecule has 4 atom stereocenters. The van der Waals surface area contributed by atoms with E-state index in [2.05, 4.69) is 0 Å². The number of hydrogen-bond acceptors (Lipinski definition) is 8. The van der Waals surface area contributed by atoms with E-state index in [1.165, 1.54) is 30.5 Å². The van der Waals surface area contributed by atoms with Crippen LogP contribution in [-0.2, 0) is 26.1 Å². The largest absolute Gasteiger partial charge is 0.497 e. The summed E-state index contributed by atoms with van der Waals surface area (Å²) in [5.74, 6) is 0.263. The number of hydrogen-bond donors (Lipinski definition) is 1. The number of anilines is 1. The van der Waals surface area contributed by atoms with Crippen molar-refractivity contribution in [3.63, 3.8) is 0 Å². The minimum absolute atomic E-state index is 0.00762. The lowest BCUT2D eigenvalue weighted by Crippen LogP contribution is -2.59. The number of likely N-dealkylation sites (tertiary alicyclic amines) is 1. The molecule has 1 saturated heterocycles. The number of methoxy groups -OCH3 is 3. The lowest BCUT2D eigenvalue weighted by molar-refractivity contribution is -0.138. The highest BCUT2D eigenvalue weighted by Gasteiger charge is 2.63. The van der Waals surface area contributed by atoms with E-state index in [1.807, 2.05) is 0 Å². The van der Waals surface area contributed by atoms with Crippen LogP contribution < -0.4 is 18.5 Å². The van der Waals surface area contributed by atoms with E-state index < -0.39 is 34.6 Å². The van der Waals surface area contributed by atoms with Gasteiger partial charge in [-0.2, -0.15) is 0 Å². The quantitative estimate of drug-likeness (QED) is 0.413. The summed E-state index contributed by atoms with van der Waals surface area (Å²) in [6.45, 7) is -0.00762. The van der Waals surface area contributed by atoms with Crippen molar-refractivity contribution < 1.29 is 33.1 Å².